The Kier molecular flexibility index (Phi) is 3.61. The van der Waals surface area contributed by atoms with Crippen molar-refractivity contribution in [1.29, 1.82) is 0 Å². The molecule has 0 aromatic rings. The third kappa shape index (κ3) is 2.69. The molecular formula is C11H24N4. The summed E-state index contributed by atoms with van der Waals surface area (Å²) in [6.45, 7) is 9.40. The Bertz CT molecular complexity index is 209. The van der Waals surface area contributed by atoms with Crippen molar-refractivity contribution in [3.05, 3.63) is 0 Å². The van der Waals surface area contributed by atoms with E-state index in [1.54, 1.807) is 0 Å². The number of nitrogens with zero attached hydrogens (tertiary/aromatic N) is 3. The molecule has 2 atom stereocenters. The van der Waals surface area contributed by atoms with Gasteiger partial charge in [-0.15, -0.1) is 0 Å². The van der Waals surface area contributed by atoms with Crippen molar-refractivity contribution in [3.63, 3.8) is 0 Å². The van der Waals surface area contributed by atoms with Gasteiger partial charge in [-0.2, -0.15) is 0 Å². The molecule has 2 fully saturated rings. The average molecular weight is 212 g/mol. The summed E-state index contributed by atoms with van der Waals surface area (Å²) in [5.41, 5.74) is 0. The van der Waals surface area contributed by atoms with Gasteiger partial charge in [0.25, 0.3) is 0 Å². The Balaban J connectivity index is 1.91. The second kappa shape index (κ2) is 4.78. The molecule has 2 rings (SSSR count). The predicted octanol–water partition coefficient (Wildman–Crippen LogP) is -0.517. The van der Waals surface area contributed by atoms with Gasteiger partial charge in [-0.25, -0.2) is 0 Å². The summed E-state index contributed by atoms with van der Waals surface area (Å²) in [5, 5.41) is 3.63. The fourth-order valence-corrected chi connectivity index (χ4v) is 2.71. The lowest BCUT2D eigenvalue weighted by Gasteiger charge is -2.46. The van der Waals surface area contributed by atoms with Crippen LogP contribution in [-0.2, 0) is 0 Å². The molecule has 2 heterocycles. The fourth-order valence-electron chi connectivity index (χ4n) is 2.71. The van der Waals surface area contributed by atoms with E-state index < -0.39 is 0 Å². The van der Waals surface area contributed by atoms with Crippen molar-refractivity contribution in [3.8, 4) is 0 Å². The number of hydrogen-bond acceptors (Lipinski definition) is 4. The van der Waals surface area contributed by atoms with Crippen LogP contribution in [-0.4, -0.2) is 80.3 Å². The highest BCUT2D eigenvalue weighted by atomic mass is 15.4. The van der Waals surface area contributed by atoms with Crippen LogP contribution in [0.2, 0.25) is 0 Å². The first-order valence-corrected chi connectivity index (χ1v) is 6.03. The smallest absolute Gasteiger partial charge is 0.0731 e. The largest absolute Gasteiger partial charge is 0.304 e. The Morgan fingerprint density at radius 3 is 2.40 bits per heavy atom. The molecule has 0 saturated carbocycles. The predicted molar refractivity (Wildman–Crippen MR) is 63.0 cm³/mol. The summed E-state index contributed by atoms with van der Waals surface area (Å²) in [6.07, 6.45) is 0.562. The van der Waals surface area contributed by atoms with Crippen molar-refractivity contribution in [1.82, 2.24) is 20.0 Å². The van der Waals surface area contributed by atoms with E-state index in [0.29, 0.717) is 12.2 Å². The SMILES string of the molecule is CC1CN(C)CCN1C1CN(C)CCN1. The van der Waals surface area contributed by atoms with Crippen molar-refractivity contribution in [2.45, 2.75) is 19.1 Å². The molecule has 15 heavy (non-hydrogen) atoms. The summed E-state index contributed by atoms with van der Waals surface area (Å²) >= 11 is 0. The van der Waals surface area contributed by atoms with E-state index in [1.165, 1.54) is 26.2 Å². The summed E-state index contributed by atoms with van der Waals surface area (Å²) in [6, 6.07) is 0.674. The molecule has 4 heteroatoms. The zero-order chi connectivity index (χ0) is 10.8. The molecule has 0 aliphatic carbocycles. The highest BCUT2D eigenvalue weighted by Crippen LogP contribution is 2.12. The van der Waals surface area contributed by atoms with Gasteiger partial charge in [-0.3, -0.25) is 10.2 Å². The van der Waals surface area contributed by atoms with Crippen molar-refractivity contribution in [2.75, 3.05) is 53.4 Å². The summed E-state index contributed by atoms with van der Waals surface area (Å²) in [7, 11) is 4.43. The maximum absolute atomic E-state index is 3.63. The Morgan fingerprint density at radius 1 is 1.00 bits per heavy atom. The maximum Gasteiger partial charge on any atom is 0.0731 e. The van der Waals surface area contributed by atoms with E-state index in [1.807, 2.05) is 0 Å². The topological polar surface area (TPSA) is 21.8 Å². The third-order valence-electron chi connectivity index (χ3n) is 3.64. The molecule has 0 radical (unpaired) electrons. The Hall–Kier alpha value is -0.160. The summed E-state index contributed by atoms with van der Waals surface area (Å²) in [5.74, 6) is 0. The normalized spacial score (nSPS) is 37.0. The molecule has 0 spiro atoms. The first-order chi connectivity index (χ1) is 7.16. The molecule has 2 saturated heterocycles. The van der Waals surface area contributed by atoms with Gasteiger partial charge in [-0.05, 0) is 21.0 Å². The lowest BCUT2D eigenvalue weighted by Crippen LogP contribution is -2.63. The number of nitrogens with one attached hydrogen (secondary N) is 1. The van der Waals surface area contributed by atoms with Crippen LogP contribution in [0.1, 0.15) is 6.92 Å². The van der Waals surface area contributed by atoms with Crippen molar-refractivity contribution >= 4 is 0 Å². The van der Waals surface area contributed by atoms with Gasteiger partial charge >= 0.3 is 0 Å². The van der Waals surface area contributed by atoms with Crippen LogP contribution in [0.15, 0.2) is 0 Å². The first kappa shape index (κ1) is 11.3. The van der Waals surface area contributed by atoms with Gasteiger partial charge in [-0.1, -0.05) is 0 Å². The second-order valence-corrected chi connectivity index (χ2v) is 5.08. The number of likely N-dealkylation sites (N-methyl/N-ethyl adjacent to an activating group) is 2. The molecule has 0 bridgehead atoms. The van der Waals surface area contributed by atoms with Crippen LogP contribution < -0.4 is 5.32 Å². The zero-order valence-corrected chi connectivity index (χ0v) is 10.2. The lowest BCUT2D eigenvalue weighted by atomic mass is 10.1. The molecule has 4 nitrogen and oxygen atoms in total. The molecule has 0 amide bonds. The van der Waals surface area contributed by atoms with E-state index in [4.69, 9.17) is 0 Å². The minimum absolute atomic E-state index is 0.562. The molecule has 2 unspecified atom stereocenters. The Morgan fingerprint density at radius 2 is 1.73 bits per heavy atom. The monoisotopic (exact) mass is 212 g/mol. The molecule has 0 aromatic heterocycles. The summed E-state index contributed by atoms with van der Waals surface area (Å²) in [4.78, 5) is 7.47. The highest BCUT2D eigenvalue weighted by Gasteiger charge is 2.29. The van der Waals surface area contributed by atoms with Crippen LogP contribution >= 0.6 is 0 Å². The van der Waals surface area contributed by atoms with Gasteiger partial charge in [0, 0.05) is 45.3 Å². The fraction of sp³-hybridized carbons (Fsp3) is 1.00. The second-order valence-electron chi connectivity index (χ2n) is 5.08. The van der Waals surface area contributed by atoms with Gasteiger partial charge in [0.2, 0.25) is 0 Å². The van der Waals surface area contributed by atoms with Gasteiger partial charge < -0.3 is 9.80 Å². The van der Waals surface area contributed by atoms with Gasteiger partial charge in [0.05, 0.1) is 6.17 Å². The van der Waals surface area contributed by atoms with Crippen LogP contribution in [0.5, 0.6) is 0 Å². The minimum atomic E-state index is 0.562. The van der Waals surface area contributed by atoms with E-state index in [0.717, 1.165) is 13.1 Å². The van der Waals surface area contributed by atoms with Crippen LogP contribution in [0.3, 0.4) is 0 Å². The van der Waals surface area contributed by atoms with Crippen LogP contribution in [0.25, 0.3) is 0 Å². The number of hydrogen-bond donors (Lipinski definition) is 1. The summed E-state index contributed by atoms with van der Waals surface area (Å²) < 4.78 is 0. The molecule has 88 valence electrons. The van der Waals surface area contributed by atoms with Gasteiger partial charge in [0.15, 0.2) is 0 Å². The first-order valence-electron chi connectivity index (χ1n) is 6.03. The van der Waals surface area contributed by atoms with E-state index in [9.17, 15) is 0 Å². The Labute approximate surface area is 93.2 Å². The third-order valence-corrected chi connectivity index (χ3v) is 3.64. The minimum Gasteiger partial charge on any atom is -0.304 e. The molecule has 0 aromatic carbocycles. The molecule has 2 aliphatic rings. The average Bonchev–Trinajstić information content (AvgIpc) is 2.17. The standard InChI is InChI=1S/C11H24N4/c1-10-8-14(3)6-7-15(10)11-9-13(2)5-4-12-11/h10-12H,4-9H2,1-3H3. The van der Waals surface area contributed by atoms with Crippen LogP contribution in [0.4, 0.5) is 0 Å². The maximum atomic E-state index is 3.63. The number of piperazine rings is 2. The number of rotatable bonds is 1. The molecule has 2 aliphatic heterocycles. The zero-order valence-electron chi connectivity index (χ0n) is 10.2. The van der Waals surface area contributed by atoms with Gasteiger partial charge in [0.1, 0.15) is 0 Å². The van der Waals surface area contributed by atoms with E-state index >= 15 is 0 Å². The van der Waals surface area contributed by atoms with E-state index in [2.05, 4.69) is 41.0 Å². The molecular weight excluding hydrogens is 188 g/mol. The van der Waals surface area contributed by atoms with E-state index in [-0.39, 0.29) is 0 Å². The van der Waals surface area contributed by atoms with Crippen molar-refractivity contribution in [2.24, 2.45) is 0 Å². The van der Waals surface area contributed by atoms with Crippen LogP contribution in [0, 0.1) is 0 Å². The highest BCUT2D eigenvalue weighted by molar-refractivity contribution is 4.85. The quantitative estimate of drug-likeness (QED) is 0.631. The van der Waals surface area contributed by atoms with Crippen molar-refractivity contribution < 1.29 is 0 Å². The lowest BCUT2D eigenvalue weighted by molar-refractivity contribution is 0.0198. The molecule has 1 N–H and O–H groups in total.